The first-order valence-electron chi connectivity index (χ1n) is 30.4. The minimum Gasteiger partial charge on any atom is -0.462 e. The molecule has 0 N–H and O–H groups in total. The third-order valence-corrected chi connectivity index (χ3v) is 12.8. The lowest BCUT2D eigenvalue weighted by atomic mass is 10.0. The average Bonchev–Trinajstić information content (AvgIpc) is 3.39. The van der Waals surface area contributed by atoms with Crippen molar-refractivity contribution in [1.82, 2.24) is 0 Å². The topological polar surface area (TPSA) is 78.9 Å². The number of rotatable bonds is 54. The molecule has 0 aromatic rings. The van der Waals surface area contributed by atoms with Crippen LogP contribution in [-0.2, 0) is 28.6 Å². The lowest BCUT2D eigenvalue weighted by molar-refractivity contribution is -0.167. The average molecular weight is 1010 g/mol. The first-order valence-corrected chi connectivity index (χ1v) is 30.4. The first-order chi connectivity index (χ1) is 36.0. The van der Waals surface area contributed by atoms with E-state index in [-0.39, 0.29) is 31.1 Å². The van der Waals surface area contributed by atoms with Crippen LogP contribution in [0.5, 0.6) is 0 Å². The molecule has 0 rings (SSSR count). The molecule has 1 atom stereocenters. The first kappa shape index (κ1) is 69.1. The van der Waals surface area contributed by atoms with Crippen LogP contribution in [0.3, 0.4) is 0 Å². The van der Waals surface area contributed by atoms with Crippen LogP contribution in [0.2, 0.25) is 0 Å². The fraction of sp³-hybridized carbons (Fsp3) is 0.687. The maximum Gasteiger partial charge on any atom is 0.306 e. The molecular weight excluding hydrogens is 901 g/mol. The Morgan fingerprint density at radius 3 is 0.836 bits per heavy atom. The highest BCUT2D eigenvalue weighted by atomic mass is 16.6. The standard InChI is InChI=1S/C67H112O6/c1-4-7-10-13-16-19-21-23-25-27-28-29-30-31-32-33-34-35-36-37-38-40-41-43-45-48-51-54-57-60-66(69)72-63-64(62-71-65(68)59-56-53-50-47-18-15-12-9-6-3)73-67(70)61-58-55-52-49-46-44-42-39-26-24-22-20-17-14-11-8-5-2/h7-8,10-11,16-17,19-20,23-26,28-29,31-32,42,44,64H,4-6,9,12-15,18,21-22,27,30,33-41,43,45-63H2,1-3H3/b10-7-,11-8-,19-16-,20-17-,25-23-,26-24-,29-28-,32-31-,44-42-. The van der Waals surface area contributed by atoms with Crippen LogP contribution in [0.1, 0.15) is 278 Å². The summed E-state index contributed by atoms with van der Waals surface area (Å²) in [6, 6.07) is 0. The van der Waals surface area contributed by atoms with Crippen LogP contribution in [-0.4, -0.2) is 37.2 Å². The van der Waals surface area contributed by atoms with E-state index in [0.717, 1.165) is 128 Å². The van der Waals surface area contributed by atoms with Crippen molar-refractivity contribution < 1.29 is 28.6 Å². The van der Waals surface area contributed by atoms with Gasteiger partial charge in [-0.3, -0.25) is 14.4 Å². The van der Waals surface area contributed by atoms with Gasteiger partial charge in [-0.1, -0.05) is 265 Å². The number of carbonyl (C=O) groups excluding carboxylic acids is 3. The molecule has 0 fully saturated rings. The highest BCUT2D eigenvalue weighted by Crippen LogP contribution is 2.16. The number of allylic oxidation sites excluding steroid dienone is 18. The van der Waals surface area contributed by atoms with Crippen LogP contribution in [0.4, 0.5) is 0 Å². The van der Waals surface area contributed by atoms with E-state index >= 15 is 0 Å². The summed E-state index contributed by atoms with van der Waals surface area (Å²) in [5.41, 5.74) is 0. The van der Waals surface area contributed by atoms with E-state index in [0.29, 0.717) is 19.3 Å². The Kier molecular flexibility index (Phi) is 57.4. The Hall–Kier alpha value is -3.93. The fourth-order valence-corrected chi connectivity index (χ4v) is 8.28. The van der Waals surface area contributed by atoms with E-state index in [1.807, 2.05) is 0 Å². The molecule has 0 heterocycles. The maximum absolute atomic E-state index is 12.8. The number of ether oxygens (including phenoxy) is 3. The van der Waals surface area contributed by atoms with Gasteiger partial charge >= 0.3 is 17.9 Å². The summed E-state index contributed by atoms with van der Waals surface area (Å²) in [4.78, 5) is 38.1. The molecule has 6 heteroatoms. The number of hydrogen-bond acceptors (Lipinski definition) is 6. The molecule has 416 valence electrons. The molecule has 0 bridgehead atoms. The molecule has 0 aromatic heterocycles. The van der Waals surface area contributed by atoms with Gasteiger partial charge in [0.05, 0.1) is 0 Å². The van der Waals surface area contributed by atoms with Gasteiger partial charge in [0.25, 0.3) is 0 Å². The minimum atomic E-state index is -0.790. The van der Waals surface area contributed by atoms with Crippen LogP contribution in [0, 0.1) is 0 Å². The van der Waals surface area contributed by atoms with Crippen molar-refractivity contribution in [2.24, 2.45) is 0 Å². The normalized spacial score (nSPS) is 12.9. The Morgan fingerprint density at radius 2 is 0.534 bits per heavy atom. The third-order valence-electron chi connectivity index (χ3n) is 12.8. The monoisotopic (exact) mass is 1010 g/mol. The van der Waals surface area contributed by atoms with E-state index in [9.17, 15) is 14.4 Å². The van der Waals surface area contributed by atoms with Crippen molar-refractivity contribution in [2.45, 2.75) is 284 Å². The van der Waals surface area contributed by atoms with E-state index < -0.39 is 6.10 Å². The van der Waals surface area contributed by atoms with E-state index in [1.54, 1.807) is 0 Å². The van der Waals surface area contributed by atoms with Gasteiger partial charge < -0.3 is 14.2 Å². The Morgan fingerprint density at radius 1 is 0.288 bits per heavy atom. The molecule has 0 aliphatic heterocycles. The van der Waals surface area contributed by atoms with Gasteiger partial charge in [-0.2, -0.15) is 0 Å². The van der Waals surface area contributed by atoms with Crippen molar-refractivity contribution >= 4 is 17.9 Å². The van der Waals surface area contributed by atoms with Crippen LogP contribution >= 0.6 is 0 Å². The SMILES string of the molecule is CC/C=C\C/C=C\C/C=C\C/C=C\C/C=C\CCCCCCCCCCCCCCCC(=O)OCC(COC(=O)CCCCCCCCCCC)OC(=O)CCCCCC/C=C\C/C=C\C/C=C\C/C=C\CC. The van der Waals surface area contributed by atoms with Crippen molar-refractivity contribution in [3.63, 3.8) is 0 Å². The predicted octanol–water partition coefficient (Wildman–Crippen LogP) is 20.7. The summed E-state index contributed by atoms with van der Waals surface area (Å²) in [5, 5.41) is 0. The molecule has 0 saturated carbocycles. The summed E-state index contributed by atoms with van der Waals surface area (Å²) < 4.78 is 16.8. The molecule has 0 aliphatic carbocycles. The van der Waals surface area contributed by atoms with Gasteiger partial charge in [0, 0.05) is 19.3 Å². The van der Waals surface area contributed by atoms with Crippen molar-refractivity contribution in [3.8, 4) is 0 Å². The number of hydrogen-bond donors (Lipinski definition) is 0. The molecule has 0 radical (unpaired) electrons. The largest absolute Gasteiger partial charge is 0.462 e. The van der Waals surface area contributed by atoms with Crippen molar-refractivity contribution in [2.75, 3.05) is 13.2 Å². The second-order valence-corrected chi connectivity index (χ2v) is 19.9. The lowest BCUT2D eigenvalue weighted by Crippen LogP contribution is -2.30. The molecule has 6 nitrogen and oxygen atoms in total. The van der Waals surface area contributed by atoms with Crippen LogP contribution < -0.4 is 0 Å². The summed E-state index contributed by atoms with van der Waals surface area (Å²) in [5.74, 6) is -0.911. The van der Waals surface area contributed by atoms with Crippen LogP contribution in [0.25, 0.3) is 0 Å². The van der Waals surface area contributed by atoms with E-state index in [2.05, 4.69) is 130 Å². The van der Waals surface area contributed by atoms with Crippen molar-refractivity contribution in [1.29, 1.82) is 0 Å². The van der Waals surface area contributed by atoms with Gasteiger partial charge in [0.1, 0.15) is 13.2 Å². The molecule has 1 unspecified atom stereocenters. The smallest absolute Gasteiger partial charge is 0.306 e. The molecule has 73 heavy (non-hydrogen) atoms. The highest BCUT2D eigenvalue weighted by molar-refractivity contribution is 5.71. The van der Waals surface area contributed by atoms with Gasteiger partial charge in [0.15, 0.2) is 6.10 Å². The van der Waals surface area contributed by atoms with Crippen LogP contribution in [0.15, 0.2) is 109 Å². The zero-order chi connectivity index (χ0) is 52.9. The Bertz CT molecular complexity index is 1490. The van der Waals surface area contributed by atoms with Gasteiger partial charge in [-0.05, 0) is 103 Å². The quantitative estimate of drug-likeness (QED) is 0.0261. The summed E-state index contributed by atoms with van der Waals surface area (Å²) in [6.45, 7) is 6.38. The maximum atomic E-state index is 12.8. The predicted molar refractivity (Wildman–Crippen MR) is 316 cm³/mol. The van der Waals surface area contributed by atoms with E-state index in [4.69, 9.17) is 14.2 Å². The van der Waals surface area contributed by atoms with Gasteiger partial charge in [0.2, 0.25) is 0 Å². The molecule has 0 aromatic carbocycles. The minimum absolute atomic E-state index is 0.0867. The second-order valence-electron chi connectivity index (χ2n) is 19.9. The Labute approximate surface area is 450 Å². The zero-order valence-electron chi connectivity index (χ0n) is 47.6. The molecule has 0 amide bonds. The van der Waals surface area contributed by atoms with Gasteiger partial charge in [-0.15, -0.1) is 0 Å². The van der Waals surface area contributed by atoms with E-state index in [1.165, 1.54) is 109 Å². The van der Waals surface area contributed by atoms with Gasteiger partial charge in [-0.25, -0.2) is 0 Å². The van der Waals surface area contributed by atoms with Crippen molar-refractivity contribution in [3.05, 3.63) is 109 Å². The molecular formula is C67H112O6. The number of unbranched alkanes of at least 4 members (excludes halogenated alkanes) is 25. The zero-order valence-corrected chi connectivity index (χ0v) is 47.6. The highest BCUT2D eigenvalue weighted by Gasteiger charge is 2.19. The second kappa shape index (κ2) is 60.6. The fourth-order valence-electron chi connectivity index (χ4n) is 8.28. The Balaban J connectivity index is 4.21. The lowest BCUT2D eigenvalue weighted by Gasteiger charge is -2.18. The number of esters is 3. The molecule has 0 aliphatic rings. The molecule has 0 spiro atoms. The summed E-state index contributed by atoms with van der Waals surface area (Å²) >= 11 is 0. The molecule has 0 saturated heterocycles. The number of carbonyl (C=O) groups is 3. The third kappa shape index (κ3) is 58.8. The summed E-state index contributed by atoms with van der Waals surface area (Å²) in [6.07, 6.45) is 82.4. The summed E-state index contributed by atoms with van der Waals surface area (Å²) in [7, 11) is 0.